The monoisotopic (exact) mass is 298 g/mol. The summed E-state index contributed by atoms with van der Waals surface area (Å²) in [5.74, 6) is -1.59. The predicted octanol–water partition coefficient (Wildman–Crippen LogP) is -0.961. The van der Waals surface area contributed by atoms with Crippen LogP contribution in [-0.4, -0.2) is 34.4 Å². The van der Waals surface area contributed by atoms with Crippen molar-refractivity contribution in [3.8, 4) is 0 Å². The van der Waals surface area contributed by atoms with E-state index < -0.39 is 36.0 Å². The lowest BCUT2D eigenvalue weighted by Gasteiger charge is -2.18. The highest BCUT2D eigenvalue weighted by atomic mass is 16.6. The second kappa shape index (κ2) is 7.17. The number of aldehydes is 1. The molecule has 9 heteroatoms. The number of rotatable bonds is 6. The smallest absolute Gasteiger partial charge is 0.346 e. The van der Waals surface area contributed by atoms with Gasteiger partial charge in [0.25, 0.3) is 5.56 Å². The quantitative estimate of drug-likeness (QED) is 0.529. The fourth-order valence-electron chi connectivity index (χ4n) is 1.45. The van der Waals surface area contributed by atoms with E-state index in [1.54, 1.807) is 0 Å². The normalized spacial score (nSPS) is 11.5. The Hall–Kier alpha value is -2.71. The van der Waals surface area contributed by atoms with E-state index in [1.807, 2.05) is 4.98 Å². The zero-order valence-electron chi connectivity index (χ0n) is 11.5. The van der Waals surface area contributed by atoms with Gasteiger partial charge in [0.15, 0.2) is 12.8 Å². The summed E-state index contributed by atoms with van der Waals surface area (Å²) < 4.78 is 10.3. The van der Waals surface area contributed by atoms with Crippen molar-refractivity contribution in [3.05, 3.63) is 32.6 Å². The van der Waals surface area contributed by atoms with Crippen LogP contribution in [0.3, 0.4) is 0 Å². The fourth-order valence-corrected chi connectivity index (χ4v) is 1.45. The number of hydrogen-bond acceptors (Lipinski definition) is 7. The Morgan fingerprint density at radius 1 is 1.43 bits per heavy atom. The average molecular weight is 298 g/mol. The molecule has 1 heterocycles. The van der Waals surface area contributed by atoms with Crippen LogP contribution in [-0.2, 0) is 23.9 Å². The van der Waals surface area contributed by atoms with Crippen LogP contribution in [0.25, 0.3) is 0 Å². The van der Waals surface area contributed by atoms with Gasteiger partial charge in [-0.25, -0.2) is 9.59 Å². The summed E-state index contributed by atoms with van der Waals surface area (Å²) in [6.07, 6.45) is 0.107. The number of carbonyl (C=O) groups is 3. The Kier molecular flexibility index (Phi) is 5.58. The molecule has 0 bridgehead atoms. The first-order valence-electron chi connectivity index (χ1n) is 5.93. The first kappa shape index (κ1) is 16.3. The van der Waals surface area contributed by atoms with Crippen LogP contribution >= 0.6 is 0 Å². The lowest BCUT2D eigenvalue weighted by Crippen LogP contribution is -2.35. The number of aromatic amines is 1. The van der Waals surface area contributed by atoms with E-state index in [1.165, 1.54) is 13.1 Å². The van der Waals surface area contributed by atoms with Gasteiger partial charge < -0.3 is 14.3 Å². The van der Waals surface area contributed by atoms with E-state index in [2.05, 4.69) is 4.74 Å². The first-order valence-corrected chi connectivity index (χ1v) is 5.93. The first-order chi connectivity index (χ1) is 9.85. The second-order valence-electron chi connectivity index (χ2n) is 4.11. The number of nitrogens with one attached hydrogen (secondary N) is 1. The number of aromatic nitrogens is 2. The van der Waals surface area contributed by atoms with Crippen LogP contribution in [0, 0.1) is 6.92 Å². The molecule has 0 aliphatic rings. The molecule has 1 N–H and O–H groups in total. The SMILES string of the molecule is CC(=O)OCC(=O)O[C@H](CC=O)n1cc(C)c(=O)[nH]c1=O. The van der Waals surface area contributed by atoms with E-state index in [9.17, 15) is 24.0 Å². The molecule has 0 aliphatic carbocycles. The molecular weight excluding hydrogens is 284 g/mol. The summed E-state index contributed by atoms with van der Waals surface area (Å²) in [7, 11) is 0. The van der Waals surface area contributed by atoms with Gasteiger partial charge in [0.2, 0.25) is 0 Å². The molecule has 1 rings (SSSR count). The standard InChI is InChI=1S/C12H14N2O7/c1-7-5-14(12(19)13-11(7)18)9(3-4-15)21-10(17)6-20-8(2)16/h4-5,9H,3,6H2,1-2H3,(H,13,18,19)/t9-/m1/s1. The van der Waals surface area contributed by atoms with Crippen molar-refractivity contribution in [1.82, 2.24) is 9.55 Å². The molecule has 0 spiro atoms. The van der Waals surface area contributed by atoms with Crippen molar-refractivity contribution in [3.63, 3.8) is 0 Å². The number of carbonyl (C=O) groups excluding carboxylic acids is 3. The zero-order chi connectivity index (χ0) is 16.0. The fraction of sp³-hybridized carbons (Fsp3) is 0.417. The largest absolute Gasteiger partial charge is 0.454 e. The summed E-state index contributed by atoms with van der Waals surface area (Å²) in [4.78, 5) is 57.7. The summed E-state index contributed by atoms with van der Waals surface area (Å²) >= 11 is 0. The third-order valence-corrected chi connectivity index (χ3v) is 2.41. The van der Waals surface area contributed by atoms with Crippen molar-refractivity contribution >= 4 is 18.2 Å². The molecule has 0 unspecified atom stereocenters. The van der Waals surface area contributed by atoms with Crippen molar-refractivity contribution < 1.29 is 23.9 Å². The van der Waals surface area contributed by atoms with E-state index in [0.717, 1.165) is 11.5 Å². The minimum Gasteiger partial charge on any atom is -0.454 e. The number of H-pyrrole nitrogens is 1. The predicted molar refractivity (Wildman–Crippen MR) is 68.5 cm³/mol. The molecule has 9 nitrogen and oxygen atoms in total. The Balaban J connectivity index is 2.97. The van der Waals surface area contributed by atoms with Gasteiger partial charge in [-0.3, -0.25) is 19.1 Å². The second-order valence-corrected chi connectivity index (χ2v) is 4.11. The van der Waals surface area contributed by atoms with Gasteiger partial charge >= 0.3 is 17.6 Å². The number of esters is 2. The van der Waals surface area contributed by atoms with Gasteiger partial charge in [0.05, 0.1) is 6.42 Å². The molecule has 1 aromatic rings. The molecule has 1 aromatic heterocycles. The summed E-state index contributed by atoms with van der Waals surface area (Å²) in [6, 6.07) is 0. The third kappa shape index (κ3) is 4.71. The molecule has 0 saturated carbocycles. The van der Waals surface area contributed by atoms with Crippen LogP contribution < -0.4 is 11.2 Å². The maximum atomic E-state index is 11.7. The maximum absolute atomic E-state index is 11.7. The van der Waals surface area contributed by atoms with Gasteiger partial charge in [0, 0.05) is 18.7 Å². The lowest BCUT2D eigenvalue weighted by atomic mass is 10.3. The average Bonchev–Trinajstić information content (AvgIpc) is 2.40. The van der Waals surface area contributed by atoms with Crippen LogP contribution in [0.4, 0.5) is 0 Å². The summed E-state index contributed by atoms with van der Waals surface area (Å²) in [5, 5.41) is 0. The molecule has 21 heavy (non-hydrogen) atoms. The van der Waals surface area contributed by atoms with Gasteiger partial charge in [-0.15, -0.1) is 0 Å². The molecular formula is C12H14N2O7. The number of nitrogens with zero attached hydrogens (tertiary/aromatic N) is 1. The van der Waals surface area contributed by atoms with Crippen LogP contribution in [0.1, 0.15) is 25.1 Å². The Labute approximate surface area is 118 Å². The minimum atomic E-state index is -1.23. The lowest BCUT2D eigenvalue weighted by molar-refractivity contribution is -0.165. The number of ether oxygens (including phenoxy) is 2. The van der Waals surface area contributed by atoms with Crippen LogP contribution in [0.2, 0.25) is 0 Å². The van der Waals surface area contributed by atoms with Crippen molar-refractivity contribution in [2.24, 2.45) is 0 Å². The van der Waals surface area contributed by atoms with Gasteiger partial charge in [-0.2, -0.15) is 0 Å². The maximum Gasteiger partial charge on any atom is 0.346 e. The molecule has 114 valence electrons. The molecule has 0 saturated heterocycles. The van der Waals surface area contributed by atoms with E-state index >= 15 is 0 Å². The Bertz CT molecular complexity index is 658. The van der Waals surface area contributed by atoms with E-state index in [-0.39, 0.29) is 12.0 Å². The van der Waals surface area contributed by atoms with Crippen LogP contribution in [0.15, 0.2) is 15.8 Å². The molecule has 0 fully saturated rings. The molecule has 0 amide bonds. The van der Waals surface area contributed by atoms with E-state index in [4.69, 9.17) is 4.74 Å². The van der Waals surface area contributed by atoms with Crippen molar-refractivity contribution in [2.75, 3.05) is 6.61 Å². The summed E-state index contributed by atoms with van der Waals surface area (Å²) in [6.45, 7) is 1.93. The molecule has 0 radical (unpaired) electrons. The minimum absolute atomic E-state index is 0.210. The topological polar surface area (TPSA) is 125 Å². The molecule has 1 atom stereocenters. The number of hydrogen-bond donors (Lipinski definition) is 1. The highest BCUT2D eigenvalue weighted by Gasteiger charge is 2.19. The van der Waals surface area contributed by atoms with Gasteiger partial charge in [-0.1, -0.05) is 0 Å². The summed E-state index contributed by atoms with van der Waals surface area (Å²) in [5.41, 5.74) is -1.19. The Morgan fingerprint density at radius 3 is 2.67 bits per heavy atom. The van der Waals surface area contributed by atoms with E-state index in [0.29, 0.717) is 6.29 Å². The highest BCUT2D eigenvalue weighted by Crippen LogP contribution is 2.10. The van der Waals surface area contributed by atoms with Gasteiger partial charge in [-0.05, 0) is 6.92 Å². The van der Waals surface area contributed by atoms with Crippen LogP contribution in [0.5, 0.6) is 0 Å². The van der Waals surface area contributed by atoms with Crippen molar-refractivity contribution in [2.45, 2.75) is 26.5 Å². The Morgan fingerprint density at radius 2 is 2.10 bits per heavy atom. The number of aryl methyl sites for hydroxylation is 1. The highest BCUT2D eigenvalue weighted by molar-refractivity contribution is 5.75. The third-order valence-electron chi connectivity index (χ3n) is 2.41. The molecule has 0 aromatic carbocycles. The van der Waals surface area contributed by atoms with Crippen molar-refractivity contribution in [1.29, 1.82) is 0 Å². The van der Waals surface area contributed by atoms with Gasteiger partial charge in [0.1, 0.15) is 6.29 Å². The molecule has 0 aliphatic heterocycles. The zero-order valence-corrected chi connectivity index (χ0v) is 11.5.